The zero-order valence-electron chi connectivity index (χ0n) is 15.2. The van der Waals surface area contributed by atoms with E-state index in [1.54, 1.807) is 0 Å². The SMILES string of the molecule is COC(=O)C1=C(O[C@H]2CCCCC[C@@H]2O[Si](C)(C)C)CCCC1. The highest BCUT2D eigenvalue weighted by molar-refractivity contribution is 6.69. The number of hydrogen-bond donors (Lipinski definition) is 0. The molecule has 0 N–H and O–H groups in total. The first-order valence-electron chi connectivity index (χ1n) is 9.05. The van der Waals surface area contributed by atoms with Gasteiger partial charge in [-0.2, -0.15) is 0 Å². The average molecular weight is 341 g/mol. The van der Waals surface area contributed by atoms with E-state index < -0.39 is 8.32 Å². The molecular weight excluding hydrogens is 308 g/mol. The zero-order chi connectivity index (χ0) is 16.9. The Kier molecular flexibility index (Phi) is 6.71. The van der Waals surface area contributed by atoms with Gasteiger partial charge in [0, 0.05) is 6.42 Å². The van der Waals surface area contributed by atoms with Gasteiger partial charge < -0.3 is 13.9 Å². The van der Waals surface area contributed by atoms with Crippen molar-refractivity contribution < 1.29 is 18.7 Å². The normalized spacial score (nSPS) is 26.6. The Labute approximate surface area is 141 Å². The second-order valence-corrected chi connectivity index (χ2v) is 12.1. The molecule has 0 amide bonds. The number of hydrogen-bond acceptors (Lipinski definition) is 4. The standard InChI is InChI=1S/C18H32O4Si/c1-20-18(19)14-10-8-9-11-15(14)21-16-12-6-5-7-13-17(16)22-23(2,3)4/h16-17H,5-13H2,1-4H3/t16-,17-/m0/s1. The van der Waals surface area contributed by atoms with Crippen molar-refractivity contribution in [3.63, 3.8) is 0 Å². The average Bonchev–Trinajstić information content (AvgIpc) is 2.71. The minimum Gasteiger partial charge on any atom is -0.492 e. The Morgan fingerprint density at radius 1 is 0.957 bits per heavy atom. The number of carbonyl (C=O) groups excluding carboxylic acids is 1. The van der Waals surface area contributed by atoms with Crippen LogP contribution in [0, 0.1) is 0 Å². The third-order valence-corrected chi connectivity index (χ3v) is 5.55. The van der Waals surface area contributed by atoms with Crippen molar-refractivity contribution >= 4 is 14.3 Å². The van der Waals surface area contributed by atoms with Crippen molar-refractivity contribution in [2.75, 3.05) is 7.11 Å². The largest absolute Gasteiger partial charge is 0.492 e. The molecule has 0 spiro atoms. The molecule has 0 aliphatic heterocycles. The molecule has 2 aliphatic carbocycles. The lowest BCUT2D eigenvalue weighted by Gasteiger charge is -2.33. The third kappa shape index (κ3) is 5.64. The molecule has 0 aromatic carbocycles. The van der Waals surface area contributed by atoms with E-state index in [2.05, 4.69) is 19.6 Å². The van der Waals surface area contributed by atoms with Crippen molar-refractivity contribution in [2.45, 2.75) is 89.6 Å². The number of ether oxygens (including phenoxy) is 2. The molecule has 5 heteroatoms. The highest BCUT2D eigenvalue weighted by Gasteiger charge is 2.32. The van der Waals surface area contributed by atoms with Gasteiger partial charge in [0.2, 0.25) is 0 Å². The first kappa shape index (κ1) is 18.5. The van der Waals surface area contributed by atoms with Crippen LogP contribution in [0.2, 0.25) is 19.6 Å². The van der Waals surface area contributed by atoms with Gasteiger partial charge in [-0.3, -0.25) is 0 Å². The molecule has 132 valence electrons. The van der Waals surface area contributed by atoms with Crippen molar-refractivity contribution in [3.8, 4) is 0 Å². The summed E-state index contributed by atoms with van der Waals surface area (Å²) in [5.41, 5.74) is 0.745. The summed E-state index contributed by atoms with van der Waals surface area (Å²) >= 11 is 0. The lowest BCUT2D eigenvalue weighted by Crippen LogP contribution is -2.40. The monoisotopic (exact) mass is 340 g/mol. The van der Waals surface area contributed by atoms with Crippen LogP contribution in [-0.2, 0) is 18.7 Å². The maximum atomic E-state index is 12.0. The molecule has 0 heterocycles. The molecular formula is C18H32O4Si. The van der Waals surface area contributed by atoms with Gasteiger partial charge in [-0.15, -0.1) is 0 Å². The van der Waals surface area contributed by atoms with Crippen molar-refractivity contribution in [2.24, 2.45) is 0 Å². The van der Waals surface area contributed by atoms with E-state index in [1.807, 2.05) is 0 Å². The second-order valence-electron chi connectivity index (χ2n) is 7.66. The fourth-order valence-electron chi connectivity index (χ4n) is 3.49. The van der Waals surface area contributed by atoms with Crippen LogP contribution < -0.4 is 0 Å². The van der Waals surface area contributed by atoms with Crippen LogP contribution in [0.5, 0.6) is 0 Å². The fraction of sp³-hybridized carbons (Fsp3) is 0.833. The molecule has 1 saturated carbocycles. The minimum absolute atomic E-state index is 0.0805. The van der Waals surface area contributed by atoms with Crippen LogP contribution in [0.4, 0.5) is 0 Å². The quantitative estimate of drug-likeness (QED) is 0.418. The van der Waals surface area contributed by atoms with E-state index >= 15 is 0 Å². The number of allylic oxidation sites excluding steroid dienone is 1. The maximum Gasteiger partial charge on any atom is 0.337 e. The summed E-state index contributed by atoms with van der Waals surface area (Å²) in [5.74, 6) is 0.634. The van der Waals surface area contributed by atoms with Crippen LogP contribution >= 0.6 is 0 Å². The smallest absolute Gasteiger partial charge is 0.337 e. The Hall–Kier alpha value is -0.813. The molecule has 0 bridgehead atoms. The van der Waals surface area contributed by atoms with Gasteiger partial charge in [-0.1, -0.05) is 12.8 Å². The number of esters is 1. The van der Waals surface area contributed by atoms with Gasteiger partial charge in [0.15, 0.2) is 8.32 Å². The molecule has 1 fully saturated rings. The summed E-state index contributed by atoms with van der Waals surface area (Å²) in [5, 5.41) is 0. The van der Waals surface area contributed by atoms with E-state index in [0.29, 0.717) is 0 Å². The molecule has 2 aliphatic rings. The van der Waals surface area contributed by atoms with Gasteiger partial charge in [-0.25, -0.2) is 4.79 Å². The van der Waals surface area contributed by atoms with Crippen molar-refractivity contribution in [3.05, 3.63) is 11.3 Å². The van der Waals surface area contributed by atoms with Gasteiger partial charge in [-0.05, 0) is 58.2 Å². The maximum absolute atomic E-state index is 12.0. The van der Waals surface area contributed by atoms with Gasteiger partial charge in [0.1, 0.15) is 11.9 Å². The second kappa shape index (κ2) is 8.33. The molecule has 2 atom stereocenters. The molecule has 2 rings (SSSR count). The fourth-order valence-corrected chi connectivity index (χ4v) is 4.67. The lowest BCUT2D eigenvalue weighted by molar-refractivity contribution is -0.137. The Balaban J connectivity index is 2.15. The summed E-state index contributed by atoms with van der Waals surface area (Å²) in [6.07, 6.45) is 9.70. The Bertz CT molecular complexity index is 439. The van der Waals surface area contributed by atoms with Crippen LogP contribution in [0.25, 0.3) is 0 Å². The summed E-state index contributed by atoms with van der Waals surface area (Å²) in [6.45, 7) is 6.69. The van der Waals surface area contributed by atoms with Gasteiger partial charge >= 0.3 is 5.97 Å². The van der Waals surface area contributed by atoms with E-state index in [-0.39, 0.29) is 18.2 Å². The topological polar surface area (TPSA) is 44.8 Å². The van der Waals surface area contributed by atoms with Crippen molar-refractivity contribution in [1.29, 1.82) is 0 Å². The molecule has 0 unspecified atom stereocenters. The molecule has 0 aromatic rings. The van der Waals surface area contributed by atoms with Gasteiger partial charge in [0.05, 0.1) is 18.8 Å². The minimum atomic E-state index is -1.61. The van der Waals surface area contributed by atoms with E-state index in [1.165, 1.54) is 26.4 Å². The molecule has 4 nitrogen and oxygen atoms in total. The third-order valence-electron chi connectivity index (χ3n) is 4.54. The van der Waals surface area contributed by atoms with E-state index in [4.69, 9.17) is 13.9 Å². The van der Waals surface area contributed by atoms with E-state index in [0.717, 1.165) is 49.9 Å². The highest BCUT2D eigenvalue weighted by Crippen LogP contribution is 2.32. The number of methoxy groups -OCH3 is 1. The summed E-state index contributed by atoms with van der Waals surface area (Å²) in [4.78, 5) is 12.0. The number of rotatable bonds is 5. The van der Waals surface area contributed by atoms with Crippen LogP contribution in [0.3, 0.4) is 0 Å². The molecule has 0 radical (unpaired) electrons. The van der Waals surface area contributed by atoms with Crippen LogP contribution in [0.15, 0.2) is 11.3 Å². The van der Waals surface area contributed by atoms with E-state index in [9.17, 15) is 4.79 Å². The van der Waals surface area contributed by atoms with Crippen molar-refractivity contribution in [1.82, 2.24) is 0 Å². The highest BCUT2D eigenvalue weighted by atomic mass is 28.4. The van der Waals surface area contributed by atoms with Crippen LogP contribution in [-0.4, -0.2) is 33.6 Å². The predicted molar refractivity (Wildman–Crippen MR) is 93.7 cm³/mol. The molecule has 0 aromatic heterocycles. The zero-order valence-corrected chi connectivity index (χ0v) is 16.2. The Morgan fingerprint density at radius 3 is 2.26 bits per heavy atom. The van der Waals surface area contributed by atoms with Crippen LogP contribution in [0.1, 0.15) is 57.8 Å². The Morgan fingerprint density at radius 2 is 1.61 bits per heavy atom. The summed E-state index contributed by atoms with van der Waals surface area (Å²) in [7, 11) is -0.159. The van der Waals surface area contributed by atoms with Gasteiger partial charge in [0.25, 0.3) is 0 Å². The first-order chi connectivity index (χ1) is 10.9. The lowest BCUT2D eigenvalue weighted by atomic mass is 9.97. The number of carbonyl (C=O) groups is 1. The summed E-state index contributed by atoms with van der Waals surface area (Å²) in [6, 6.07) is 0. The summed E-state index contributed by atoms with van der Waals surface area (Å²) < 4.78 is 17.7. The molecule has 23 heavy (non-hydrogen) atoms. The molecule has 0 saturated heterocycles. The predicted octanol–water partition coefficient (Wildman–Crippen LogP) is 4.56. The first-order valence-corrected chi connectivity index (χ1v) is 12.5.